The van der Waals surface area contributed by atoms with Crippen LogP contribution in [0.25, 0.3) is 10.8 Å². The number of fused-ring (bicyclic) bond motifs is 1. The molecule has 2 nitrogen and oxygen atoms in total. The van der Waals surface area contributed by atoms with Gasteiger partial charge in [-0.2, -0.15) is 0 Å². The highest BCUT2D eigenvalue weighted by Crippen LogP contribution is 2.24. The molecule has 18 heavy (non-hydrogen) atoms. The molecule has 3 heteroatoms. The van der Waals surface area contributed by atoms with Crippen molar-refractivity contribution in [3.8, 4) is 0 Å². The second-order valence-electron chi connectivity index (χ2n) is 5.17. The van der Waals surface area contributed by atoms with Crippen LogP contribution in [0.5, 0.6) is 0 Å². The molecule has 0 aliphatic rings. The second kappa shape index (κ2) is 4.62. The Balaban J connectivity index is 2.48. The lowest BCUT2D eigenvalue weighted by Crippen LogP contribution is -2.24. The molecule has 0 amide bonds. The molecule has 0 unspecified atom stereocenters. The molecule has 0 fully saturated rings. The van der Waals surface area contributed by atoms with E-state index in [1.807, 2.05) is 45.0 Å². The van der Waals surface area contributed by atoms with Crippen LogP contribution in [0.4, 0.5) is 0 Å². The highest BCUT2D eigenvalue weighted by Gasteiger charge is 2.19. The third-order valence-electron chi connectivity index (χ3n) is 2.46. The molecule has 0 spiro atoms. The van der Waals surface area contributed by atoms with Crippen molar-refractivity contribution in [2.75, 3.05) is 0 Å². The summed E-state index contributed by atoms with van der Waals surface area (Å²) in [6, 6.07) is 11.0. The van der Waals surface area contributed by atoms with Crippen molar-refractivity contribution in [2.45, 2.75) is 26.4 Å². The molecule has 0 N–H and O–H groups in total. The molecule has 2 aromatic rings. The van der Waals surface area contributed by atoms with Gasteiger partial charge in [0.15, 0.2) is 0 Å². The average Bonchev–Trinajstić information content (AvgIpc) is 2.25. The Labute approximate surface area is 112 Å². The Morgan fingerprint density at radius 1 is 1.17 bits per heavy atom. The van der Waals surface area contributed by atoms with Crippen molar-refractivity contribution in [3.63, 3.8) is 0 Å². The third kappa shape index (κ3) is 2.82. The van der Waals surface area contributed by atoms with Crippen LogP contribution in [0.15, 0.2) is 36.4 Å². The summed E-state index contributed by atoms with van der Waals surface area (Å²) in [6.45, 7) is 5.56. The van der Waals surface area contributed by atoms with E-state index in [0.29, 0.717) is 10.6 Å². The summed E-state index contributed by atoms with van der Waals surface area (Å²) in [5, 5.41) is 2.45. The van der Waals surface area contributed by atoms with Crippen molar-refractivity contribution in [1.29, 1.82) is 0 Å². The summed E-state index contributed by atoms with van der Waals surface area (Å²) in [5.74, 6) is -0.310. The normalized spacial score (nSPS) is 11.6. The molecule has 0 aliphatic heterocycles. The molecule has 0 aromatic heterocycles. The zero-order valence-electron chi connectivity index (χ0n) is 10.7. The molecule has 2 rings (SSSR count). The highest BCUT2D eigenvalue weighted by atomic mass is 35.5. The summed E-state index contributed by atoms with van der Waals surface area (Å²) in [7, 11) is 0. The first-order valence-corrected chi connectivity index (χ1v) is 6.16. The monoisotopic (exact) mass is 262 g/mol. The van der Waals surface area contributed by atoms with Gasteiger partial charge in [-0.3, -0.25) is 0 Å². The minimum atomic E-state index is -0.494. The van der Waals surface area contributed by atoms with E-state index in [1.54, 1.807) is 12.1 Å². The van der Waals surface area contributed by atoms with Crippen molar-refractivity contribution >= 4 is 28.3 Å². The van der Waals surface area contributed by atoms with E-state index < -0.39 is 5.60 Å². The number of hydrogen-bond acceptors (Lipinski definition) is 2. The van der Waals surface area contributed by atoms with E-state index >= 15 is 0 Å². The van der Waals surface area contributed by atoms with Crippen LogP contribution >= 0.6 is 11.6 Å². The van der Waals surface area contributed by atoms with Gasteiger partial charge < -0.3 is 4.74 Å². The topological polar surface area (TPSA) is 26.3 Å². The maximum absolute atomic E-state index is 12.1. The third-order valence-corrected chi connectivity index (χ3v) is 2.70. The van der Waals surface area contributed by atoms with Crippen LogP contribution in [0, 0.1) is 0 Å². The quantitative estimate of drug-likeness (QED) is 0.710. The van der Waals surface area contributed by atoms with Crippen molar-refractivity contribution in [2.24, 2.45) is 0 Å². The van der Waals surface area contributed by atoms with Crippen LogP contribution in [0.2, 0.25) is 5.02 Å². The van der Waals surface area contributed by atoms with E-state index in [4.69, 9.17) is 16.3 Å². The van der Waals surface area contributed by atoms with Gasteiger partial charge in [-0.25, -0.2) is 4.79 Å². The number of halogens is 1. The van der Waals surface area contributed by atoms with E-state index in [-0.39, 0.29) is 5.97 Å². The van der Waals surface area contributed by atoms with Crippen molar-refractivity contribution < 1.29 is 9.53 Å². The minimum absolute atomic E-state index is 0.310. The van der Waals surface area contributed by atoms with Gasteiger partial charge >= 0.3 is 5.97 Å². The SMILES string of the molecule is CC(C)(C)OC(=O)c1cccc2cc(Cl)ccc12. The van der Waals surface area contributed by atoms with Gasteiger partial charge in [0, 0.05) is 5.02 Å². The van der Waals surface area contributed by atoms with E-state index in [1.165, 1.54) is 0 Å². The fourth-order valence-electron chi connectivity index (χ4n) is 1.77. The molecule has 0 saturated carbocycles. The second-order valence-corrected chi connectivity index (χ2v) is 5.61. The summed E-state index contributed by atoms with van der Waals surface area (Å²) >= 11 is 5.94. The first-order valence-electron chi connectivity index (χ1n) is 5.78. The van der Waals surface area contributed by atoms with E-state index in [9.17, 15) is 4.79 Å². The lowest BCUT2D eigenvalue weighted by Gasteiger charge is -2.20. The standard InChI is InChI=1S/C15H15ClO2/c1-15(2,3)18-14(17)13-6-4-5-10-9-11(16)7-8-12(10)13/h4-9H,1-3H3. The zero-order chi connectivity index (χ0) is 13.3. The van der Waals surface area contributed by atoms with Gasteiger partial charge in [0.2, 0.25) is 0 Å². The Kier molecular flexibility index (Phi) is 3.31. The van der Waals surface area contributed by atoms with Crippen LogP contribution < -0.4 is 0 Å². The molecule has 94 valence electrons. The van der Waals surface area contributed by atoms with Gasteiger partial charge in [0.05, 0.1) is 5.56 Å². The molecule has 0 saturated heterocycles. The van der Waals surface area contributed by atoms with Gasteiger partial charge in [-0.15, -0.1) is 0 Å². The van der Waals surface area contributed by atoms with Gasteiger partial charge in [0.1, 0.15) is 5.60 Å². The Hall–Kier alpha value is -1.54. The Morgan fingerprint density at radius 3 is 2.56 bits per heavy atom. The molecular formula is C15H15ClO2. The predicted octanol–water partition coefficient (Wildman–Crippen LogP) is 4.45. The molecular weight excluding hydrogens is 248 g/mol. The average molecular weight is 263 g/mol. The maximum atomic E-state index is 12.1. The first kappa shape index (κ1) is 12.9. The minimum Gasteiger partial charge on any atom is -0.456 e. The van der Waals surface area contributed by atoms with E-state index in [2.05, 4.69) is 0 Å². The van der Waals surface area contributed by atoms with Crippen LogP contribution in [0.3, 0.4) is 0 Å². The largest absolute Gasteiger partial charge is 0.456 e. The predicted molar refractivity (Wildman–Crippen MR) is 74.1 cm³/mol. The van der Waals surface area contributed by atoms with Gasteiger partial charge in [0.25, 0.3) is 0 Å². The molecule has 0 heterocycles. The highest BCUT2D eigenvalue weighted by molar-refractivity contribution is 6.31. The summed E-state index contributed by atoms with van der Waals surface area (Å²) < 4.78 is 5.39. The fourth-order valence-corrected chi connectivity index (χ4v) is 1.95. The summed E-state index contributed by atoms with van der Waals surface area (Å²) in [5.41, 5.74) is 0.0742. The smallest absolute Gasteiger partial charge is 0.339 e. The number of carbonyl (C=O) groups excluding carboxylic acids is 1. The Morgan fingerprint density at radius 2 is 1.89 bits per heavy atom. The number of esters is 1. The fraction of sp³-hybridized carbons (Fsp3) is 0.267. The number of rotatable bonds is 1. The van der Waals surface area contributed by atoms with Crippen LogP contribution in [0.1, 0.15) is 31.1 Å². The molecule has 2 aromatic carbocycles. The lowest BCUT2D eigenvalue weighted by molar-refractivity contribution is 0.00719. The van der Waals surface area contributed by atoms with Crippen molar-refractivity contribution in [3.05, 3.63) is 47.0 Å². The van der Waals surface area contributed by atoms with Gasteiger partial charge in [-0.05, 0) is 49.7 Å². The summed E-state index contributed by atoms with van der Waals surface area (Å²) in [6.07, 6.45) is 0. The summed E-state index contributed by atoms with van der Waals surface area (Å²) in [4.78, 5) is 12.1. The number of ether oxygens (including phenoxy) is 1. The zero-order valence-corrected chi connectivity index (χ0v) is 11.4. The Bertz CT molecular complexity index is 597. The molecule has 0 bridgehead atoms. The van der Waals surface area contributed by atoms with Crippen LogP contribution in [-0.2, 0) is 4.74 Å². The number of carbonyl (C=O) groups is 1. The molecule has 0 aliphatic carbocycles. The number of hydrogen-bond donors (Lipinski definition) is 0. The van der Waals surface area contributed by atoms with Crippen molar-refractivity contribution in [1.82, 2.24) is 0 Å². The number of benzene rings is 2. The molecule has 0 atom stereocenters. The lowest BCUT2D eigenvalue weighted by atomic mass is 10.0. The maximum Gasteiger partial charge on any atom is 0.339 e. The van der Waals surface area contributed by atoms with Crippen LogP contribution in [-0.4, -0.2) is 11.6 Å². The first-order chi connectivity index (χ1) is 8.37. The van der Waals surface area contributed by atoms with E-state index in [0.717, 1.165) is 10.8 Å². The van der Waals surface area contributed by atoms with Gasteiger partial charge in [-0.1, -0.05) is 29.8 Å². The molecule has 0 radical (unpaired) electrons.